The normalized spacial score (nSPS) is 19.2. The molecule has 1 saturated carbocycles. The molecular weight excluding hydrogens is 524 g/mol. The number of aryl methyl sites for hydroxylation is 1. The van der Waals surface area contributed by atoms with E-state index >= 15 is 0 Å². The third-order valence-electron chi connectivity index (χ3n) is 9.01. The summed E-state index contributed by atoms with van der Waals surface area (Å²) in [6.07, 6.45) is 6.65. The van der Waals surface area contributed by atoms with E-state index < -0.39 is 0 Å². The molecule has 2 aliphatic rings. The van der Waals surface area contributed by atoms with Crippen LogP contribution in [0.25, 0.3) is 10.9 Å². The zero-order valence-electron chi connectivity index (χ0n) is 25.2. The lowest BCUT2D eigenvalue weighted by molar-refractivity contribution is -0.120. The topological polar surface area (TPSA) is 91.4 Å². The number of pyridine rings is 1. The first kappa shape index (κ1) is 29.9. The quantitative estimate of drug-likeness (QED) is 0.349. The second kappa shape index (κ2) is 13.6. The highest BCUT2D eigenvalue weighted by molar-refractivity contribution is 6.07. The number of carbonyl (C=O) groups is 3. The maximum atomic E-state index is 12.8. The van der Waals surface area contributed by atoms with Crippen LogP contribution in [0.15, 0.2) is 48.5 Å². The predicted molar refractivity (Wildman–Crippen MR) is 167 cm³/mol. The Morgan fingerprint density at radius 1 is 0.905 bits per heavy atom. The average molecular weight is 569 g/mol. The number of hydrogen-bond acceptors (Lipinski definition) is 5. The lowest BCUT2D eigenvalue weighted by atomic mass is 9.81. The van der Waals surface area contributed by atoms with Crippen LogP contribution in [-0.4, -0.2) is 60.2 Å². The van der Waals surface area contributed by atoms with Gasteiger partial charge in [0, 0.05) is 54.3 Å². The van der Waals surface area contributed by atoms with Crippen LogP contribution in [0, 0.1) is 24.7 Å². The summed E-state index contributed by atoms with van der Waals surface area (Å²) < 4.78 is 0. The molecule has 2 heterocycles. The van der Waals surface area contributed by atoms with Crippen LogP contribution in [0.1, 0.15) is 77.1 Å². The van der Waals surface area contributed by atoms with Gasteiger partial charge in [-0.3, -0.25) is 19.4 Å². The Bertz CT molecular complexity index is 1440. The molecule has 0 unspecified atom stereocenters. The Labute approximate surface area is 249 Å². The summed E-state index contributed by atoms with van der Waals surface area (Å²) in [6.45, 7) is 9.72. The van der Waals surface area contributed by atoms with E-state index in [1.807, 2.05) is 51.1 Å². The Hall–Kier alpha value is -3.58. The maximum absolute atomic E-state index is 12.8. The van der Waals surface area contributed by atoms with Gasteiger partial charge in [0.1, 0.15) is 0 Å². The maximum Gasteiger partial charge on any atom is 0.252 e. The molecule has 1 aliphatic carbocycles. The van der Waals surface area contributed by atoms with Crippen LogP contribution in [0.4, 0.5) is 0 Å². The summed E-state index contributed by atoms with van der Waals surface area (Å²) >= 11 is 0. The van der Waals surface area contributed by atoms with Crippen molar-refractivity contribution < 1.29 is 14.4 Å². The molecular formula is C35H44N4O3. The third-order valence-corrected chi connectivity index (χ3v) is 9.01. The van der Waals surface area contributed by atoms with Crippen molar-refractivity contribution in [2.75, 3.05) is 32.7 Å². The third kappa shape index (κ3) is 7.43. The van der Waals surface area contributed by atoms with Crippen molar-refractivity contribution in [2.24, 2.45) is 17.8 Å². The molecule has 7 heteroatoms. The number of Topliss-reactive ketones (excluding diaryl/α,β-unsaturated/α-hetero) is 1. The summed E-state index contributed by atoms with van der Waals surface area (Å²) in [5.41, 5.74) is 5.78. The fraction of sp³-hybridized carbons (Fsp3) is 0.486. The molecule has 1 aromatic heterocycles. The summed E-state index contributed by atoms with van der Waals surface area (Å²) in [6, 6.07) is 15.6. The molecule has 3 aromatic rings. The number of ketones is 1. The van der Waals surface area contributed by atoms with E-state index in [0.717, 1.165) is 67.5 Å². The second-order valence-corrected chi connectivity index (χ2v) is 12.5. The van der Waals surface area contributed by atoms with Crippen LogP contribution in [0.3, 0.4) is 0 Å². The number of rotatable bonds is 9. The van der Waals surface area contributed by atoms with Crippen LogP contribution >= 0.6 is 0 Å². The first-order chi connectivity index (χ1) is 20.3. The van der Waals surface area contributed by atoms with E-state index in [2.05, 4.69) is 32.7 Å². The van der Waals surface area contributed by atoms with Gasteiger partial charge in [-0.1, -0.05) is 38.1 Å². The fourth-order valence-corrected chi connectivity index (χ4v) is 6.46. The Kier molecular flexibility index (Phi) is 9.68. The van der Waals surface area contributed by atoms with E-state index in [1.54, 1.807) is 6.07 Å². The molecule has 0 spiro atoms. The van der Waals surface area contributed by atoms with Crippen molar-refractivity contribution in [1.29, 1.82) is 0 Å². The highest BCUT2D eigenvalue weighted by Crippen LogP contribution is 2.30. The zero-order chi connectivity index (χ0) is 29.6. The number of nitrogens with zero attached hydrogens (tertiary/aromatic N) is 2. The van der Waals surface area contributed by atoms with Crippen LogP contribution in [0.2, 0.25) is 0 Å². The van der Waals surface area contributed by atoms with Gasteiger partial charge in [0.2, 0.25) is 5.91 Å². The highest BCUT2D eigenvalue weighted by atomic mass is 16.2. The number of nitrogens with one attached hydrogen (secondary N) is 2. The van der Waals surface area contributed by atoms with Gasteiger partial charge in [-0.25, -0.2) is 0 Å². The second-order valence-electron chi connectivity index (χ2n) is 12.5. The summed E-state index contributed by atoms with van der Waals surface area (Å²) in [7, 11) is 0. The lowest BCUT2D eigenvalue weighted by Crippen LogP contribution is -2.40. The first-order valence-electron chi connectivity index (χ1n) is 15.6. The molecule has 2 amide bonds. The monoisotopic (exact) mass is 568 g/mol. The highest BCUT2D eigenvalue weighted by Gasteiger charge is 2.25. The molecule has 0 atom stereocenters. The molecule has 0 bridgehead atoms. The van der Waals surface area contributed by atoms with E-state index in [9.17, 15) is 14.4 Å². The number of hydrogen-bond donors (Lipinski definition) is 2. The van der Waals surface area contributed by atoms with Gasteiger partial charge in [0.25, 0.3) is 5.91 Å². The minimum absolute atomic E-state index is 0.0258. The Morgan fingerprint density at radius 2 is 1.64 bits per heavy atom. The van der Waals surface area contributed by atoms with Gasteiger partial charge in [0.05, 0.1) is 12.1 Å². The van der Waals surface area contributed by atoms with Gasteiger partial charge in [-0.2, -0.15) is 0 Å². The zero-order valence-corrected chi connectivity index (χ0v) is 25.2. The van der Waals surface area contributed by atoms with Crippen molar-refractivity contribution in [3.63, 3.8) is 0 Å². The molecule has 222 valence electrons. The summed E-state index contributed by atoms with van der Waals surface area (Å²) in [5.74, 6) is 1.02. The van der Waals surface area contributed by atoms with Gasteiger partial charge in [0.15, 0.2) is 5.78 Å². The summed E-state index contributed by atoms with van der Waals surface area (Å²) in [4.78, 5) is 44.8. The van der Waals surface area contributed by atoms with E-state index in [4.69, 9.17) is 0 Å². The lowest BCUT2D eigenvalue weighted by Gasteiger charge is -2.32. The molecule has 5 rings (SSSR count). The van der Waals surface area contributed by atoms with Crippen molar-refractivity contribution in [3.8, 4) is 0 Å². The van der Waals surface area contributed by atoms with Gasteiger partial charge >= 0.3 is 0 Å². The minimum Gasteiger partial charge on any atom is -0.354 e. The fourth-order valence-electron chi connectivity index (χ4n) is 6.46. The molecule has 1 aliphatic heterocycles. The molecule has 1 fully saturated rings. The molecule has 0 radical (unpaired) electrons. The SMILES string of the molecule is Cc1ccc2c(C(=O)NCC(=O)NC[C@H]3CC[C@H](CN4CCc5ccc(C(=O)C(C)C)cc5CC4)CC3)cccc2n1. The van der Waals surface area contributed by atoms with Gasteiger partial charge in [-0.15, -0.1) is 0 Å². The van der Waals surface area contributed by atoms with Crippen molar-refractivity contribution in [2.45, 2.75) is 59.3 Å². The Morgan fingerprint density at radius 3 is 2.40 bits per heavy atom. The molecule has 2 aromatic carbocycles. The predicted octanol–water partition coefficient (Wildman–Crippen LogP) is 5.14. The number of amides is 2. The van der Waals surface area contributed by atoms with E-state index in [1.165, 1.54) is 24.0 Å². The van der Waals surface area contributed by atoms with E-state index in [0.29, 0.717) is 23.9 Å². The smallest absolute Gasteiger partial charge is 0.252 e. The summed E-state index contributed by atoms with van der Waals surface area (Å²) in [5, 5.41) is 6.59. The van der Waals surface area contributed by atoms with Crippen LogP contribution < -0.4 is 10.6 Å². The van der Waals surface area contributed by atoms with Crippen molar-refractivity contribution in [1.82, 2.24) is 20.5 Å². The van der Waals surface area contributed by atoms with Crippen molar-refractivity contribution >= 4 is 28.5 Å². The van der Waals surface area contributed by atoms with Gasteiger partial charge in [-0.05, 0) is 92.7 Å². The standard InChI is InChI=1S/C35H44N4O3/c1-23(2)34(41)29-13-12-27-15-17-39(18-16-28(27)19-29)22-26-10-8-25(9-11-26)20-36-33(40)21-37-35(42)31-5-4-6-32-30(31)14-7-24(3)38-32/h4-7,12-14,19,23,25-26H,8-11,15-18,20-22H2,1-3H3,(H,36,40)(H,37,42)/t25-,26-. The molecule has 7 nitrogen and oxygen atoms in total. The largest absolute Gasteiger partial charge is 0.354 e. The molecule has 2 N–H and O–H groups in total. The Balaban J connectivity index is 1.01. The van der Waals surface area contributed by atoms with E-state index in [-0.39, 0.29) is 30.1 Å². The molecule has 42 heavy (non-hydrogen) atoms. The number of carbonyl (C=O) groups excluding carboxylic acids is 3. The number of aromatic nitrogens is 1. The average Bonchev–Trinajstić information content (AvgIpc) is 3.20. The van der Waals surface area contributed by atoms with Crippen LogP contribution in [-0.2, 0) is 17.6 Å². The number of fused-ring (bicyclic) bond motifs is 2. The van der Waals surface area contributed by atoms with Crippen molar-refractivity contribution in [3.05, 3.63) is 76.5 Å². The van der Waals surface area contributed by atoms with Crippen LogP contribution in [0.5, 0.6) is 0 Å². The number of benzene rings is 2. The van der Waals surface area contributed by atoms with Gasteiger partial charge < -0.3 is 15.5 Å². The minimum atomic E-state index is -0.261. The molecule has 0 saturated heterocycles. The first-order valence-corrected chi connectivity index (χ1v) is 15.6.